The van der Waals surface area contributed by atoms with E-state index >= 15 is 0 Å². The maximum absolute atomic E-state index is 13.7. The lowest BCUT2D eigenvalue weighted by atomic mass is 10.0. The number of benzene rings is 2. The third-order valence-corrected chi connectivity index (χ3v) is 8.78. The molecule has 2 N–H and O–H groups in total. The molecule has 0 radical (unpaired) electrons. The molecule has 40 heavy (non-hydrogen) atoms. The van der Waals surface area contributed by atoms with Crippen LogP contribution < -0.4 is 10.1 Å². The first-order chi connectivity index (χ1) is 19.2. The highest BCUT2D eigenvalue weighted by atomic mass is 32.2. The number of ether oxygens (including phenoxy) is 4. The number of amides is 1. The molecule has 2 aliphatic heterocycles. The van der Waals surface area contributed by atoms with Crippen molar-refractivity contribution in [2.24, 2.45) is 17.0 Å². The quantitative estimate of drug-likeness (QED) is 0.224. The summed E-state index contributed by atoms with van der Waals surface area (Å²) < 4.78 is 50.5. The number of fused-ring (bicyclic) bond motifs is 1. The maximum atomic E-state index is 13.7. The molecule has 0 bridgehead atoms. The Bertz CT molecular complexity index is 1250. The molecule has 0 spiro atoms. The molecule has 2 aliphatic rings. The van der Waals surface area contributed by atoms with Gasteiger partial charge in [-0.2, -0.15) is 4.31 Å². The maximum Gasteiger partial charge on any atom is 0.408 e. The van der Waals surface area contributed by atoms with E-state index in [0.29, 0.717) is 12.4 Å². The molecule has 0 aliphatic carbocycles. The zero-order chi connectivity index (χ0) is 28.7. The summed E-state index contributed by atoms with van der Waals surface area (Å²) >= 11 is 0. The molecular formula is C28H37N3O8S. The fourth-order valence-electron chi connectivity index (χ4n) is 4.91. The highest BCUT2D eigenvalue weighted by Gasteiger charge is 2.44. The summed E-state index contributed by atoms with van der Waals surface area (Å²) in [6, 6.07) is 14.6. The second-order valence-corrected chi connectivity index (χ2v) is 12.3. The van der Waals surface area contributed by atoms with Gasteiger partial charge in [-0.1, -0.05) is 49.3 Å². The van der Waals surface area contributed by atoms with Crippen LogP contribution in [0.15, 0.2) is 64.6 Å². The van der Waals surface area contributed by atoms with E-state index in [1.807, 2.05) is 44.2 Å². The van der Waals surface area contributed by atoms with Crippen LogP contribution in [0.1, 0.15) is 25.8 Å². The van der Waals surface area contributed by atoms with E-state index in [9.17, 15) is 18.4 Å². The SMILES string of the molecule is COc1ccc(S(=O)(=O)N(C/C(=N/O)[C@H](Cc2ccccc2)NC(=O)O[C@H]2CO[C@H]3OCC[C@H]32)CC(C)C)cc1. The number of oxime groups is 1. The molecule has 1 amide bonds. The number of alkyl carbamates (subject to hydrolysis) is 1. The first-order valence-electron chi connectivity index (χ1n) is 13.3. The van der Waals surface area contributed by atoms with Crippen LogP contribution in [0.2, 0.25) is 0 Å². The van der Waals surface area contributed by atoms with Crippen LogP contribution in [0.3, 0.4) is 0 Å². The number of carbonyl (C=O) groups is 1. The second-order valence-electron chi connectivity index (χ2n) is 10.3. The number of nitrogens with zero attached hydrogens (tertiary/aromatic N) is 2. The molecule has 2 heterocycles. The van der Waals surface area contributed by atoms with E-state index in [1.54, 1.807) is 12.1 Å². The van der Waals surface area contributed by atoms with Gasteiger partial charge in [-0.3, -0.25) is 0 Å². The number of carbonyl (C=O) groups excluding carboxylic acids is 1. The summed E-state index contributed by atoms with van der Waals surface area (Å²) in [5.74, 6) is 0.462. The van der Waals surface area contributed by atoms with Gasteiger partial charge in [0.25, 0.3) is 0 Å². The van der Waals surface area contributed by atoms with E-state index < -0.39 is 28.3 Å². The molecule has 0 saturated carbocycles. The van der Waals surface area contributed by atoms with E-state index in [4.69, 9.17) is 18.9 Å². The Hall–Kier alpha value is -3.19. The lowest BCUT2D eigenvalue weighted by Crippen LogP contribution is -2.49. The minimum atomic E-state index is -3.98. The van der Waals surface area contributed by atoms with Crippen molar-refractivity contribution in [2.75, 3.05) is 33.4 Å². The first kappa shape index (κ1) is 29.8. The van der Waals surface area contributed by atoms with Crippen molar-refractivity contribution in [1.29, 1.82) is 0 Å². The van der Waals surface area contributed by atoms with Crippen LogP contribution in [-0.2, 0) is 30.7 Å². The summed E-state index contributed by atoms with van der Waals surface area (Å²) in [6.45, 7) is 4.49. The average molecular weight is 576 g/mol. The van der Waals surface area contributed by atoms with E-state index in [0.717, 1.165) is 12.0 Å². The van der Waals surface area contributed by atoms with Gasteiger partial charge in [-0.25, -0.2) is 13.2 Å². The standard InChI is InChI=1S/C28H37N3O8S/c1-19(2)16-31(40(34,35)22-11-9-21(36-3)10-12-22)17-25(30-33)24(15-20-7-5-4-6-8-20)29-28(32)39-26-18-38-27-23(26)13-14-37-27/h4-12,19,23-24,26-27,33H,13-18H2,1-3H3,(H,29,32)/b30-25-/t23-,24-,26-,27+/m0/s1. The lowest BCUT2D eigenvalue weighted by Gasteiger charge is -2.28. The van der Waals surface area contributed by atoms with Gasteiger partial charge >= 0.3 is 6.09 Å². The van der Waals surface area contributed by atoms with Crippen LogP contribution in [-0.4, -0.2) is 81.6 Å². The third kappa shape index (κ3) is 7.30. The van der Waals surface area contributed by atoms with Crippen molar-refractivity contribution >= 4 is 21.8 Å². The van der Waals surface area contributed by atoms with E-state index in [2.05, 4.69) is 10.5 Å². The van der Waals surface area contributed by atoms with Gasteiger partial charge in [-0.05, 0) is 48.6 Å². The topological polar surface area (TPSA) is 136 Å². The van der Waals surface area contributed by atoms with Crippen LogP contribution in [0, 0.1) is 11.8 Å². The fourth-order valence-corrected chi connectivity index (χ4v) is 6.48. The molecule has 2 saturated heterocycles. The second kappa shape index (κ2) is 13.4. The smallest absolute Gasteiger partial charge is 0.408 e. The monoisotopic (exact) mass is 575 g/mol. The highest BCUT2D eigenvalue weighted by molar-refractivity contribution is 7.89. The van der Waals surface area contributed by atoms with Gasteiger partial charge in [0.15, 0.2) is 6.29 Å². The van der Waals surface area contributed by atoms with Crippen molar-refractivity contribution in [3.05, 3.63) is 60.2 Å². The fraction of sp³-hybridized carbons (Fsp3) is 0.500. The number of nitrogens with one attached hydrogen (secondary N) is 1. The van der Waals surface area contributed by atoms with Crippen molar-refractivity contribution in [3.8, 4) is 5.75 Å². The van der Waals surface area contributed by atoms with Crippen molar-refractivity contribution in [1.82, 2.24) is 9.62 Å². The minimum Gasteiger partial charge on any atom is -0.497 e. The molecule has 12 heteroatoms. The third-order valence-electron chi connectivity index (χ3n) is 6.95. The highest BCUT2D eigenvalue weighted by Crippen LogP contribution is 2.33. The van der Waals surface area contributed by atoms with Crippen LogP contribution >= 0.6 is 0 Å². The Labute approximate surface area is 235 Å². The Morgan fingerprint density at radius 1 is 1.15 bits per heavy atom. The molecule has 2 aromatic carbocycles. The molecule has 218 valence electrons. The van der Waals surface area contributed by atoms with Gasteiger partial charge in [0.2, 0.25) is 10.0 Å². The predicted octanol–water partition coefficient (Wildman–Crippen LogP) is 3.27. The molecule has 0 aromatic heterocycles. The van der Waals surface area contributed by atoms with Gasteiger partial charge in [0.1, 0.15) is 11.9 Å². The molecule has 4 atom stereocenters. The lowest BCUT2D eigenvalue weighted by molar-refractivity contribution is -0.0907. The summed E-state index contributed by atoms with van der Waals surface area (Å²) in [4.78, 5) is 13.1. The van der Waals surface area contributed by atoms with Gasteiger partial charge in [0, 0.05) is 6.54 Å². The van der Waals surface area contributed by atoms with E-state index in [1.165, 1.54) is 23.5 Å². The summed E-state index contributed by atoms with van der Waals surface area (Å²) in [5.41, 5.74) is 0.930. The number of rotatable bonds is 12. The number of sulfonamides is 1. The summed E-state index contributed by atoms with van der Waals surface area (Å²) in [7, 11) is -2.48. The van der Waals surface area contributed by atoms with Gasteiger partial charge in [0.05, 0.1) is 49.4 Å². The molecule has 4 rings (SSSR count). The zero-order valence-corrected chi connectivity index (χ0v) is 23.7. The normalized spacial score (nSPS) is 21.8. The molecule has 2 fully saturated rings. The molecule has 11 nitrogen and oxygen atoms in total. The van der Waals surface area contributed by atoms with Crippen LogP contribution in [0.5, 0.6) is 5.75 Å². The largest absolute Gasteiger partial charge is 0.497 e. The average Bonchev–Trinajstić information content (AvgIpc) is 3.56. The molecule has 0 unspecified atom stereocenters. The Kier molecular flexibility index (Phi) is 10.0. The zero-order valence-electron chi connectivity index (χ0n) is 22.9. The Balaban J connectivity index is 1.56. The molecular weight excluding hydrogens is 538 g/mol. The predicted molar refractivity (Wildman–Crippen MR) is 147 cm³/mol. The van der Waals surface area contributed by atoms with Crippen LogP contribution in [0.25, 0.3) is 0 Å². The minimum absolute atomic E-state index is 0.0255. The Morgan fingerprint density at radius 2 is 1.88 bits per heavy atom. The first-order valence-corrected chi connectivity index (χ1v) is 14.7. The summed E-state index contributed by atoms with van der Waals surface area (Å²) in [5, 5.41) is 16.4. The Morgan fingerprint density at radius 3 is 2.52 bits per heavy atom. The number of hydrogen-bond donors (Lipinski definition) is 2. The van der Waals surface area contributed by atoms with Crippen molar-refractivity contribution < 1.29 is 37.4 Å². The number of hydrogen-bond acceptors (Lipinski definition) is 9. The van der Waals surface area contributed by atoms with Crippen LogP contribution in [0.4, 0.5) is 4.79 Å². The molecule has 2 aromatic rings. The van der Waals surface area contributed by atoms with Crippen molar-refractivity contribution in [3.63, 3.8) is 0 Å². The number of methoxy groups -OCH3 is 1. The van der Waals surface area contributed by atoms with Gasteiger partial charge in [-0.15, -0.1) is 0 Å². The van der Waals surface area contributed by atoms with E-state index in [-0.39, 0.29) is 54.9 Å². The summed E-state index contributed by atoms with van der Waals surface area (Å²) in [6.07, 6.45) is -0.569. The van der Waals surface area contributed by atoms with Gasteiger partial charge < -0.3 is 29.5 Å². The van der Waals surface area contributed by atoms with Crippen molar-refractivity contribution in [2.45, 2.75) is 50.0 Å².